The lowest BCUT2D eigenvalue weighted by Gasteiger charge is -2.32. The van der Waals surface area contributed by atoms with Crippen LogP contribution in [0, 0.1) is 0 Å². The maximum atomic E-state index is 11.3. The lowest BCUT2D eigenvalue weighted by molar-refractivity contribution is -0.122. The maximum absolute atomic E-state index is 11.3. The lowest BCUT2D eigenvalue weighted by Crippen LogP contribution is -2.54. The smallest absolute Gasteiger partial charge is 0.217 e. The van der Waals surface area contributed by atoms with Crippen molar-refractivity contribution in [1.82, 2.24) is 15.1 Å². The van der Waals surface area contributed by atoms with Crippen molar-refractivity contribution < 1.29 is 20.1 Å². The molecule has 0 aromatic heterocycles. The van der Waals surface area contributed by atoms with Crippen LogP contribution in [0.1, 0.15) is 118 Å². The Bertz CT molecular complexity index is 664. The summed E-state index contributed by atoms with van der Waals surface area (Å²) < 4.78 is 0. The number of hydrogen-bond acceptors (Lipinski definition) is 6. The van der Waals surface area contributed by atoms with Crippen LogP contribution in [0.4, 0.5) is 0 Å². The molecule has 0 aliphatic rings. The van der Waals surface area contributed by atoms with E-state index in [0.29, 0.717) is 5.56 Å². The van der Waals surface area contributed by atoms with Crippen LogP contribution in [-0.4, -0.2) is 89.0 Å². The third-order valence-electron chi connectivity index (χ3n) is 7.50. The second kappa shape index (κ2) is 26.4. The van der Waals surface area contributed by atoms with E-state index in [0.717, 1.165) is 6.42 Å². The van der Waals surface area contributed by atoms with Crippen LogP contribution in [0.2, 0.25) is 0 Å². The highest BCUT2D eigenvalue weighted by Gasteiger charge is 2.32. The summed E-state index contributed by atoms with van der Waals surface area (Å²) in [4.78, 5) is 16.1. The topological polar surface area (TPSA) is 96.3 Å². The second-order valence-corrected chi connectivity index (χ2v) is 10.5. The largest absolute Gasteiger partial charge is 0.394 e. The van der Waals surface area contributed by atoms with Gasteiger partial charge in [-0.1, -0.05) is 105 Å². The average molecular weight is 568 g/mol. The van der Waals surface area contributed by atoms with Gasteiger partial charge in [-0.15, -0.1) is 0 Å². The van der Waals surface area contributed by atoms with Crippen molar-refractivity contribution in [1.29, 1.82) is 0 Å². The van der Waals surface area contributed by atoms with Crippen LogP contribution >= 0.6 is 0 Å². The third kappa shape index (κ3) is 19.5. The quantitative estimate of drug-likeness (QED) is 0.163. The maximum Gasteiger partial charge on any atom is 0.217 e. The van der Waals surface area contributed by atoms with Crippen molar-refractivity contribution in [2.75, 3.05) is 52.5 Å². The number of rotatable bonds is 19. The van der Waals surface area contributed by atoms with E-state index in [9.17, 15) is 20.1 Å². The molecule has 0 fully saturated rings. The Balaban J connectivity index is 0. The summed E-state index contributed by atoms with van der Waals surface area (Å²) in [5, 5.41) is 32.1. The molecule has 0 aliphatic carbocycles. The summed E-state index contributed by atoms with van der Waals surface area (Å²) in [7, 11) is 0. The lowest BCUT2D eigenvalue weighted by atomic mass is 9.90. The van der Waals surface area contributed by atoms with E-state index in [-0.39, 0.29) is 12.3 Å². The van der Waals surface area contributed by atoms with E-state index in [1.807, 2.05) is 24.3 Å². The number of benzene rings is 1. The molecule has 1 rings (SSSR count). The molecule has 7 heteroatoms. The summed E-state index contributed by atoms with van der Waals surface area (Å²) in [5.41, 5.74) is 0.741. The molecule has 0 saturated carbocycles. The zero-order valence-electron chi connectivity index (χ0n) is 27.3. The van der Waals surface area contributed by atoms with Gasteiger partial charge in [0.2, 0.25) is 5.91 Å². The van der Waals surface area contributed by atoms with Gasteiger partial charge < -0.3 is 30.4 Å². The minimum atomic E-state index is -1.22. The molecular weight excluding hydrogens is 502 g/mol. The monoisotopic (exact) mass is 567 g/mol. The first-order chi connectivity index (χ1) is 19.2. The number of carbonyl (C=O) groups is 1. The number of amides is 1. The van der Waals surface area contributed by atoms with Gasteiger partial charge in [0.05, 0.1) is 24.9 Å². The van der Waals surface area contributed by atoms with Crippen molar-refractivity contribution >= 4 is 5.91 Å². The summed E-state index contributed by atoms with van der Waals surface area (Å²) >= 11 is 0. The van der Waals surface area contributed by atoms with Crippen molar-refractivity contribution in [2.24, 2.45) is 0 Å². The fourth-order valence-corrected chi connectivity index (χ4v) is 4.53. The molecule has 0 radical (unpaired) electrons. The highest BCUT2D eigenvalue weighted by molar-refractivity contribution is 5.73. The summed E-state index contributed by atoms with van der Waals surface area (Å²) in [5.74, 6) is -0.352. The van der Waals surface area contributed by atoms with E-state index in [1.165, 1.54) is 90.3 Å². The SMILES string of the molecule is CCCCCCCCc1ccc(C(O)CC(CO)(CO)NC(C)=O)cc1.CCN(CC)CC.CCN(CC)CC. The summed E-state index contributed by atoms with van der Waals surface area (Å²) in [6.45, 7) is 22.9. The first-order valence-corrected chi connectivity index (χ1v) is 15.9. The van der Waals surface area contributed by atoms with Gasteiger partial charge in [-0.25, -0.2) is 0 Å². The molecule has 1 aromatic carbocycles. The van der Waals surface area contributed by atoms with E-state index >= 15 is 0 Å². The minimum absolute atomic E-state index is 0.0519. The zero-order chi connectivity index (χ0) is 30.8. The van der Waals surface area contributed by atoms with E-state index in [4.69, 9.17) is 0 Å². The predicted octanol–water partition coefficient (Wildman–Crippen LogP) is 5.57. The first-order valence-electron chi connectivity index (χ1n) is 15.9. The number of nitrogens with zero attached hydrogens (tertiary/aromatic N) is 2. The van der Waals surface area contributed by atoms with E-state index in [2.05, 4.69) is 63.6 Å². The average Bonchev–Trinajstić information content (AvgIpc) is 2.97. The second-order valence-electron chi connectivity index (χ2n) is 10.5. The van der Waals surface area contributed by atoms with Crippen LogP contribution in [-0.2, 0) is 11.2 Å². The molecule has 1 atom stereocenters. The Hall–Kier alpha value is -1.51. The molecule has 1 aromatic rings. The Labute approximate surface area is 247 Å². The molecule has 0 heterocycles. The molecule has 0 aliphatic heterocycles. The van der Waals surface area contributed by atoms with E-state index < -0.39 is 24.9 Å². The molecule has 40 heavy (non-hydrogen) atoms. The summed E-state index contributed by atoms with van der Waals surface area (Å²) in [6.07, 6.45) is 7.81. The number of nitrogens with one attached hydrogen (secondary N) is 1. The highest BCUT2D eigenvalue weighted by atomic mass is 16.3. The normalized spacial score (nSPS) is 11.9. The van der Waals surface area contributed by atoms with Crippen molar-refractivity contribution in [3.8, 4) is 0 Å². The molecule has 0 spiro atoms. The fourth-order valence-electron chi connectivity index (χ4n) is 4.53. The fraction of sp³-hybridized carbons (Fsp3) is 0.788. The van der Waals surface area contributed by atoms with Crippen LogP contribution in [0.25, 0.3) is 0 Å². The highest BCUT2D eigenvalue weighted by Crippen LogP contribution is 2.25. The molecule has 4 N–H and O–H groups in total. The molecule has 0 bridgehead atoms. The van der Waals surface area contributed by atoms with Gasteiger partial charge in [-0.2, -0.15) is 0 Å². The number of unbranched alkanes of at least 4 members (excludes halogenated alkanes) is 5. The third-order valence-corrected chi connectivity index (χ3v) is 7.50. The van der Waals surface area contributed by atoms with Gasteiger partial charge in [0.25, 0.3) is 0 Å². The van der Waals surface area contributed by atoms with Crippen LogP contribution in [0.3, 0.4) is 0 Å². The number of aliphatic hydroxyl groups excluding tert-OH is 3. The van der Waals surface area contributed by atoms with Crippen LogP contribution < -0.4 is 5.32 Å². The zero-order valence-corrected chi connectivity index (χ0v) is 27.3. The standard InChI is InChI=1S/C21H35NO4.2C6H15N/c1-3-4-5-6-7-8-9-18-10-12-19(13-11-18)20(26)14-21(15-23,16-24)22-17(2)25;2*1-4-7(5-2)6-3/h10-13,20,23-24,26H,3-9,14-16H2,1-2H3,(H,22,25);2*4-6H2,1-3H3. The number of aryl methyl sites for hydroxylation is 1. The van der Waals surface area contributed by atoms with Gasteiger partial charge in [0.1, 0.15) is 0 Å². The number of carbonyl (C=O) groups excluding carboxylic acids is 1. The Morgan fingerprint density at radius 3 is 1.52 bits per heavy atom. The molecule has 1 unspecified atom stereocenters. The molecule has 7 nitrogen and oxygen atoms in total. The molecular formula is C33H65N3O4. The van der Waals surface area contributed by atoms with Gasteiger partial charge in [-0.3, -0.25) is 4.79 Å². The Morgan fingerprint density at radius 1 is 0.750 bits per heavy atom. The number of aliphatic hydroxyl groups is 3. The van der Waals surface area contributed by atoms with Crippen molar-refractivity contribution in [2.45, 2.75) is 118 Å². The van der Waals surface area contributed by atoms with Crippen molar-refractivity contribution in [3.63, 3.8) is 0 Å². The van der Waals surface area contributed by atoms with Gasteiger partial charge in [0.15, 0.2) is 0 Å². The summed E-state index contributed by atoms with van der Waals surface area (Å²) in [6, 6.07) is 7.79. The van der Waals surface area contributed by atoms with Gasteiger partial charge in [0, 0.05) is 13.3 Å². The molecule has 1 amide bonds. The Kier molecular flexibility index (Phi) is 26.8. The number of hydrogen-bond donors (Lipinski definition) is 4. The van der Waals surface area contributed by atoms with Crippen LogP contribution in [0.15, 0.2) is 24.3 Å². The van der Waals surface area contributed by atoms with Gasteiger partial charge >= 0.3 is 0 Å². The Morgan fingerprint density at radius 2 is 1.18 bits per heavy atom. The first kappa shape index (κ1) is 40.6. The van der Waals surface area contributed by atoms with Crippen molar-refractivity contribution in [3.05, 3.63) is 35.4 Å². The molecule has 0 saturated heterocycles. The molecule has 236 valence electrons. The van der Waals surface area contributed by atoms with E-state index in [1.54, 1.807) is 0 Å². The van der Waals surface area contributed by atoms with Crippen LogP contribution in [0.5, 0.6) is 0 Å². The predicted molar refractivity (Wildman–Crippen MR) is 171 cm³/mol. The van der Waals surface area contributed by atoms with Gasteiger partial charge in [-0.05, 0) is 63.2 Å². The minimum Gasteiger partial charge on any atom is -0.394 e.